The Kier molecular flexibility index (Phi) is 44.4. The molecular formula is C115H193BF3NaO17Si. The number of hydrogen-bond acceptors (Lipinski definition) is 16. The number of carboxylic acids is 1. The summed E-state index contributed by atoms with van der Waals surface area (Å²) in [5.74, 6) is 15.1. The molecule has 15 fully saturated rings. The predicted octanol–water partition coefficient (Wildman–Crippen LogP) is 24.0. The molecule has 36 atom stereocenters. The molecule has 0 bridgehead atoms. The number of methoxy groups -OCH3 is 3. The standard InChI is InChI=1S/C29H50O3Si.C27H42O4.C26H40O4.C26H42O3.C4H10O.C2H4O.CH4.BF3.Na.H2O/c1-19-13-15-28(3)21(17-19)18-25(32-33(6,7)8)27-23-11-10-22(20(2)9-12-26(30)31-5)29(23,4)16-14-24(27)28;1-6-18-22-15-17(28)11-13-27(22,4)21-12-14-26(3)19(16(2)7-10-23(29)31-5)8-9-20(26)24(21)25(18)30;1-5-17-21-14-16(27)10-12-26(21,4)20-11-13-25(3)18(15(2)6-9-22(28)29)7-8-19(25)23(20)24(17)30;1-16-10-12-25(3)18(14-16)15-22(27)24-20-8-7-19(17(2)6-9-23(28)29-5)26(20,4)13-11-21(24)25;1-3-5-4-2;1-2-3;;2-1(3)4;;/h18-24,27H,9-17H2,1-8H3;6,16-17,19-22,24,28H,7-15H2,1-5H3;5,15-16,18-21,23,27H,6-14H2,1-4H3,(H,28,29);16-21,24H,6-15H2,1-5H3;3-4H2,1-2H3;2H,1H3;1H4;;;1H2/q;;;;;;;;+1;/p-1/b;18-6+;17-5+;;;;;;;/t19-,20-,21?,22?,23?,24?,27?,28+,29-;16-,17-,19?,20?,21?,22?,24?,26-,27-;15-,16-,18?,19?,20?,21?,23?,25-,26-;16-,17-,18?,19?,20?,21?,24?,25+,26-;;;;;;/m1111....../s1. The van der Waals surface area contributed by atoms with E-state index in [9.17, 15) is 56.7 Å². The van der Waals surface area contributed by atoms with Crippen molar-refractivity contribution >= 4 is 63.4 Å². The summed E-state index contributed by atoms with van der Waals surface area (Å²) >= 11 is 0. The molecule has 0 aromatic rings. The molecule has 4 N–H and O–H groups in total. The maximum absolute atomic E-state index is 13.9. The van der Waals surface area contributed by atoms with Gasteiger partial charge in [-0.05, 0) is 438 Å². The average Bonchev–Trinajstić information content (AvgIpc) is 1.23. The number of Topliss-reactive ketones (excluding diaryl/α,β-unsaturated/α-hetero) is 3. The molecule has 0 spiro atoms. The van der Waals surface area contributed by atoms with Crippen molar-refractivity contribution in [3.8, 4) is 0 Å². The summed E-state index contributed by atoms with van der Waals surface area (Å²) in [4.78, 5) is 96.3. The Morgan fingerprint density at radius 3 is 1.08 bits per heavy atom. The zero-order valence-electron chi connectivity index (χ0n) is 90.4. The number of carbonyl (C=O) groups is 8. The van der Waals surface area contributed by atoms with Crippen LogP contribution < -0.4 is 29.6 Å². The Labute approximate surface area is 857 Å². The third-order valence-corrected chi connectivity index (χ3v) is 43.3. The Bertz CT molecular complexity index is 4110. The number of carbonyl (C=O) groups excluding carboxylic acids is 7. The van der Waals surface area contributed by atoms with Crippen molar-refractivity contribution in [1.29, 1.82) is 0 Å². The summed E-state index contributed by atoms with van der Waals surface area (Å²) in [6, 6.07) is 0. The molecule has 784 valence electrons. The van der Waals surface area contributed by atoms with Crippen LogP contribution >= 0.6 is 0 Å². The summed E-state index contributed by atoms with van der Waals surface area (Å²) in [5.41, 5.74) is 4.05. The molecular weight excluding hydrogens is 1770 g/mol. The van der Waals surface area contributed by atoms with Crippen molar-refractivity contribution < 1.29 is 125 Å². The fourth-order valence-corrected chi connectivity index (χ4v) is 36.4. The van der Waals surface area contributed by atoms with Crippen molar-refractivity contribution in [1.82, 2.24) is 0 Å². The van der Waals surface area contributed by atoms with Gasteiger partial charge in [-0.3, -0.25) is 46.5 Å². The molecule has 15 saturated carbocycles. The zero-order valence-corrected chi connectivity index (χ0v) is 93.4. The van der Waals surface area contributed by atoms with Gasteiger partial charge in [0, 0.05) is 69.0 Å². The number of ether oxygens (including phenoxy) is 4. The second-order valence-electron chi connectivity index (χ2n) is 50.0. The first-order valence-corrected chi connectivity index (χ1v) is 57.9. The van der Waals surface area contributed by atoms with Gasteiger partial charge in [0.05, 0.1) is 39.3 Å². The van der Waals surface area contributed by atoms with E-state index in [1.807, 2.05) is 33.8 Å². The molecule has 23 heteroatoms. The van der Waals surface area contributed by atoms with E-state index in [0.29, 0.717) is 159 Å². The van der Waals surface area contributed by atoms with E-state index in [2.05, 4.69) is 129 Å². The summed E-state index contributed by atoms with van der Waals surface area (Å²) in [6.45, 7) is 52.2. The van der Waals surface area contributed by atoms with Gasteiger partial charge in [-0.25, -0.2) is 0 Å². The van der Waals surface area contributed by atoms with Gasteiger partial charge < -0.3 is 49.0 Å². The van der Waals surface area contributed by atoms with Crippen molar-refractivity contribution in [3.05, 3.63) is 35.1 Å². The molecule has 17 nitrogen and oxygen atoms in total. The van der Waals surface area contributed by atoms with Crippen LogP contribution in [-0.2, 0) is 61.7 Å². The number of fused-ring (bicyclic) bond motifs is 20. The van der Waals surface area contributed by atoms with Crippen molar-refractivity contribution in [2.45, 2.75) is 408 Å². The molecule has 16 aliphatic rings. The Morgan fingerprint density at radius 2 is 0.754 bits per heavy atom. The molecule has 0 radical (unpaired) electrons. The third-order valence-electron chi connectivity index (χ3n) is 42.4. The van der Waals surface area contributed by atoms with Gasteiger partial charge in [0.2, 0.25) is 8.32 Å². The summed E-state index contributed by atoms with van der Waals surface area (Å²) in [6.07, 6.45) is 45.9. The fraction of sp³-hybridized carbons (Fsp3) is 0.878. The van der Waals surface area contributed by atoms with Crippen LogP contribution in [0.25, 0.3) is 0 Å². The first-order chi connectivity index (χ1) is 63.4. The number of carboxylic acid groups (broad SMARTS) is 1. The Hall–Kier alpha value is -3.51. The minimum absolute atomic E-state index is 0. The SMILES string of the molecule is C.C/C=C1/C(=O)C2C(CC[C@@]3(C)C2CCC3[C@H](C)CCC(=O)O)[C@@]2(C)CC[C@@H](O)CC12.C/C=C1/C(=O)C2C(CC[C@@]3(C)C2CCC3[C@H](C)CCC(=O)OC)[C@@]2(C)CC[C@@H](O)CC12.CC=O.CCOCC.COC(=O)CC[C@@H](C)C1CCC2C3C(=O)CC4C[C@H](C)CC[C@]4(C)C3CC[C@@]21C.COC(=O)CC[C@@H](C)C1CCC2C3C(O[Si](C)(C)C)=CC4C[C@H](C)CC[C@]4(C)C3CC[C@@]21C.FB(F)F.[Na+].[OH-]. The minimum atomic E-state index is -3.67. The molecule has 0 saturated heterocycles. The molecule has 0 aliphatic heterocycles. The Morgan fingerprint density at radius 1 is 0.457 bits per heavy atom. The van der Waals surface area contributed by atoms with Gasteiger partial charge in [-0.2, -0.15) is 0 Å². The molecule has 16 rings (SSSR count). The molecule has 20 unspecified atom stereocenters. The smallest absolute Gasteiger partial charge is 0.870 e. The van der Waals surface area contributed by atoms with Crippen molar-refractivity contribution in [2.75, 3.05) is 34.5 Å². The number of aliphatic hydroxyl groups is 2. The van der Waals surface area contributed by atoms with E-state index in [1.165, 1.54) is 137 Å². The molecule has 16 aliphatic carbocycles. The van der Waals surface area contributed by atoms with Crippen LogP contribution in [0.1, 0.15) is 377 Å². The van der Waals surface area contributed by atoms with Crippen molar-refractivity contribution in [3.63, 3.8) is 0 Å². The Balaban J connectivity index is 0.000000239. The second-order valence-corrected chi connectivity index (χ2v) is 54.5. The van der Waals surface area contributed by atoms with E-state index in [1.54, 1.807) is 0 Å². The largest absolute Gasteiger partial charge is 1.00 e. The van der Waals surface area contributed by atoms with Crippen LogP contribution in [-0.4, -0.2) is 131 Å². The second kappa shape index (κ2) is 50.5. The van der Waals surface area contributed by atoms with Gasteiger partial charge in [0.25, 0.3) is 0 Å². The number of hydrogen-bond donors (Lipinski definition) is 3. The van der Waals surface area contributed by atoms with E-state index >= 15 is 0 Å². The van der Waals surface area contributed by atoms with Gasteiger partial charge >= 0.3 is 61.0 Å². The summed E-state index contributed by atoms with van der Waals surface area (Å²) in [7, 11) is -0.884. The molecule has 0 aromatic heterocycles. The number of rotatable bonds is 20. The normalized spacial score (nSPS) is 42.0. The topological polar surface area (TPSA) is 273 Å². The number of aldehydes is 1. The van der Waals surface area contributed by atoms with Gasteiger partial charge in [0.1, 0.15) is 12.1 Å². The van der Waals surface area contributed by atoms with Gasteiger partial charge in [0.15, 0.2) is 11.6 Å². The fourth-order valence-electron chi connectivity index (χ4n) is 35.5. The molecule has 0 amide bonds. The van der Waals surface area contributed by atoms with Gasteiger partial charge in [-0.15, -0.1) is 0 Å². The van der Waals surface area contributed by atoms with E-state index in [-0.39, 0.29) is 130 Å². The number of allylic oxidation sites excluding steroid dienone is 6. The van der Waals surface area contributed by atoms with Crippen LogP contribution in [0, 0.1) is 197 Å². The minimum Gasteiger partial charge on any atom is -0.870 e. The maximum Gasteiger partial charge on any atom is 1.00 e. The van der Waals surface area contributed by atoms with Gasteiger partial charge in [-0.1, -0.05) is 129 Å². The number of halogens is 3. The van der Waals surface area contributed by atoms with Crippen LogP contribution in [0.2, 0.25) is 19.6 Å². The van der Waals surface area contributed by atoms with Crippen LogP contribution in [0.3, 0.4) is 0 Å². The number of aliphatic hydroxyl groups excluding tert-OH is 2. The third kappa shape index (κ3) is 25.2. The number of aliphatic carboxylic acids is 1. The summed E-state index contributed by atoms with van der Waals surface area (Å²) < 4.78 is 55.5. The van der Waals surface area contributed by atoms with E-state index in [4.69, 9.17) is 33.3 Å². The van der Waals surface area contributed by atoms with E-state index < -0.39 is 21.8 Å². The first-order valence-electron chi connectivity index (χ1n) is 54.5. The molecule has 0 aromatic carbocycles. The predicted molar refractivity (Wildman–Crippen MR) is 543 cm³/mol. The van der Waals surface area contributed by atoms with E-state index in [0.717, 1.165) is 163 Å². The van der Waals surface area contributed by atoms with Crippen LogP contribution in [0.15, 0.2) is 35.1 Å². The van der Waals surface area contributed by atoms with Crippen LogP contribution in [0.5, 0.6) is 0 Å². The van der Waals surface area contributed by atoms with Crippen LogP contribution in [0.4, 0.5) is 12.9 Å². The zero-order chi connectivity index (χ0) is 100.0. The summed E-state index contributed by atoms with van der Waals surface area (Å²) in [5, 5.41) is 29.9. The monoisotopic (exact) mass is 1970 g/mol. The molecule has 0 heterocycles. The van der Waals surface area contributed by atoms with Crippen molar-refractivity contribution in [2.24, 2.45) is 197 Å². The molecule has 138 heavy (non-hydrogen) atoms. The first kappa shape index (κ1) is 121. The number of esters is 3. The number of ketones is 3. The average molecular weight is 1970 g/mol. The quantitative estimate of drug-likeness (QED) is 0.0336. The maximum atomic E-state index is 13.9.